The molecule has 19 heteroatoms. The molecule has 5 unspecified atom stereocenters. The number of hydrogen-bond acceptors (Lipinski definition) is 15. The number of hydrogen-bond donors (Lipinski definition) is 3. The minimum absolute atomic E-state index is 0.105. The fraction of sp³-hybridized carbons (Fsp3) is 0.949. The van der Waals surface area contributed by atoms with Crippen LogP contribution in [0.4, 0.5) is 0 Å². The Hall–Kier alpha value is -1.94. The van der Waals surface area contributed by atoms with Gasteiger partial charge in [-0.25, -0.2) is 9.13 Å². The SMILES string of the molecule is CCC(C)CCCCCCCCCCCCCCCCCCCCC(=O)OC[C@H](COP(=O)(O)OCC(O)COP(=O)(O)OC[C@@H](COC(=O)CCCCCCCCCCC(C)C)OC(=O)CCCCCCCCCCCCC(C)C)OC(=O)CCCCCCCCCCC(C)CC. The van der Waals surface area contributed by atoms with E-state index >= 15 is 0 Å². The minimum Gasteiger partial charge on any atom is -0.462 e. The molecule has 17 nitrogen and oxygen atoms in total. The Bertz CT molecular complexity index is 1920. The van der Waals surface area contributed by atoms with Crippen molar-refractivity contribution in [1.29, 1.82) is 0 Å². The number of phosphoric ester groups is 2. The lowest BCUT2D eigenvalue weighted by Crippen LogP contribution is -2.30. The maximum atomic E-state index is 13.1. The Morgan fingerprint density at radius 1 is 0.286 bits per heavy atom. The van der Waals surface area contributed by atoms with E-state index in [2.05, 4.69) is 55.4 Å². The second-order valence-corrected chi connectivity index (χ2v) is 32.8. The van der Waals surface area contributed by atoms with Crippen molar-refractivity contribution in [2.75, 3.05) is 39.6 Å². The summed E-state index contributed by atoms with van der Waals surface area (Å²) >= 11 is 0. The standard InChI is InChI=1S/C79H154O17P2/c1-9-71(7)57-49-41-33-24-19-17-15-13-11-12-14-16-18-20-25-35-43-51-59-76(81)89-65-75(96-79(84)62-54-46-38-30-28-34-42-50-58-72(8)10-2)68-94-98(87,88)92-64-73(80)63-91-97(85,86)93-67-74(66-90-77(82)60-52-44-36-29-27-32-40-48-56-70(5)6)95-78(83)61-53-45-37-26-22-21-23-31-39-47-55-69(3)4/h69-75,80H,9-68H2,1-8H3,(H,85,86)(H,87,88)/t71?,72?,73?,74-,75-/m1/s1. The van der Waals surface area contributed by atoms with Crippen LogP contribution in [-0.4, -0.2) is 96.7 Å². The summed E-state index contributed by atoms with van der Waals surface area (Å²) in [4.78, 5) is 72.9. The third-order valence-electron chi connectivity index (χ3n) is 19.0. The molecule has 0 aromatic heterocycles. The summed E-state index contributed by atoms with van der Waals surface area (Å²) in [6.45, 7) is 14.2. The highest BCUT2D eigenvalue weighted by Crippen LogP contribution is 2.45. The van der Waals surface area contributed by atoms with E-state index in [1.807, 2.05) is 0 Å². The Labute approximate surface area is 600 Å². The lowest BCUT2D eigenvalue weighted by molar-refractivity contribution is -0.161. The highest BCUT2D eigenvalue weighted by atomic mass is 31.2. The van der Waals surface area contributed by atoms with Crippen LogP contribution in [0.1, 0.15) is 402 Å². The minimum atomic E-state index is -4.96. The van der Waals surface area contributed by atoms with Gasteiger partial charge in [-0.15, -0.1) is 0 Å². The van der Waals surface area contributed by atoms with Gasteiger partial charge in [0.2, 0.25) is 0 Å². The van der Waals surface area contributed by atoms with Gasteiger partial charge in [0.15, 0.2) is 12.2 Å². The molecule has 0 aliphatic carbocycles. The van der Waals surface area contributed by atoms with E-state index < -0.39 is 97.5 Å². The van der Waals surface area contributed by atoms with Gasteiger partial charge >= 0.3 is 39.5 Å². The molecule has 0 amide bonds. The number of carbonyl (C=O) groups excluding carboxylic acids is 4. The van der Waals surface area contributed by atoms with Gasteiger partial charge in [0.1, 0.15) is 19.3 Å². The van der Waals surface area contributed by atoms with Gasteiger partial charge in [-0.3, -0.25) is 37.3 Å². The number of unbranched alkanes of at least 4 members (excludes halogenated alkanes) is 40. The first-order valence-corrected chi connectivity index (χ1v) is 43.8. The second-order valence-electron chi connectivity index (χ2n) is 29.9. The molecule has 0 aliphatic heterocycles. The number of esters is 4. The van der Waals surface area contributed by atoms with Crippen LogP contribution in [0.3, 0.4) is 0 Å². The molecule has 582 valence electrons. The molecule has 0 aliphatic rings. The zero-order chi connectivity index (χ0) is 72.4. The molecule has 0 heterocycles. The van der Waals surface area contributed by atoms with Gasteiger partial charge in [0.25, 0.3) is 0 Å². The van der Waals surface area contributed by atoms with E-state index in [0.717, 1.165) is 114 Å². The van der Waals surface area contributed by atoms with Gasteiger partial charge in [0.05, 0.1) is 26.4 Å². The zero-order valence-electron chi connectivity index (χ0n) is 64.4. The summed E-state index contributed by atoms with van der Waals surface area (Å²) < 4.78 is 68.6. The molecular weight excluding hydrogens is 1280 g/mol. The smallest absolute Gasteiger partial charge is 0.462 e. The van der Waals surface area contributed by atoms with E-state index in [1.54, 1.807) is 0 Å². The van der Waals surface area contributed by atoms with Crippen LogP contribution in [0.15, 0.2) is 0 Å². The zero-order valence-corrected chi connectivity index (χ0v) is 66.2. The molecule has 0 aromatic rings. The van der Waals surface area contributed by atoms with Gasteiger partial charge in [-0.05, 0) is 49.4 Å². The summed E-state index contributed by atoms with van der Waals surface area (Å²) in [6.07, 6.45) is 54.2. The van der Waals surface area contributed by atoms with Crippen LogP contribution >= 0.6 is 15.6 Å². The Morgan fingerprint density at radius 2 is 0.490 bits per heavy atom. The molecule has 98 heavy (non-hydrogen) atoms. The summed E-state index contributed by atoms with van der Waals surface area (Å²) in [7, 11) is -9.92. The van der Waals surface area contributed by atoms with Crippen molar-refractivity contribution in [3.05, 3.63) is 0 Å². The van der Waals surface area contributed by atoms with Crippen LogP contribution < -0.4 is 0 Å². The van der Waals surface area contributed by atoms with E-state index in [1.165, 1.54) is 205 Å². The topological polar surface area (TPSA) is 237 Å². The number of ether oxygens (including phenoxy) is 4. The first-order valence-electron chi connectivity index (χ1n) is 40.8. The first-order chi connectivity index (χ1) is 47.2. The molecule has 0 saturated carbocycles. The molecule has 0 radical (unpaired) electrons. The molecule has 0 saturated heterocycles. The Morgan fingerprint density at radius 3 is 0.724 bits per heavy atom. The van der Waals surface area contributed by atoms with E-state index in [-0.39, 0.29) is 25.7 Å². The predicted octanol–water partition coefficient (Wildman–Crippen LogP) is 23.2. The van der Waals surface area contributed by atoms with Crippen LogP contribution in [0.2, 0.25) is 0 Å². The molecule has 7 atom stereocenters. The van der Waals surface area contributed by atoms with Crippen LogP contribution in [0.25, 0.3) is 0 Å². The normalized spacial score (nSPS) is 14.6. The van der Waals surface area contributed by atoms with Gasteiger partial charge in [-0.1, -0.05) is 351 Å². The molecule has 0 spiro atoms. The van der Waals surface area contributed by atoms with E-state index in [0.29, 0.717) is 25.7 Å². The number of aliphatic hydroxyl groups is 1. The monoisotopic (exact) mass is 1440 g/mol. The molecular formula is C79H154O17P2. The van der Waals surface area contributed by atoms with Crippen molar-refractivity contribution < 1.29 is 80.2 Å². The van der Waals surface area contributed by atoms with E-state index in [4.69, 9.17) is 37.0 Å². The van der Waals surface area contributed by atoms with Crippen molar-refractivity contribution in [3.8, 4) is 0 Å². The molecule has 0 aromatic carbocycles. The fourth-order valence-corrected chi connectivity index (χ4v) is 13.6. The predicted molar refractivity (Wildman–Crippen MR) is 400 cm³/mol. The molecule has 0 fully saturated rings. The van der Waals surface area contributed by atoms with Crippen molar-refractivity contribution in [1.82, 2.24) is 0 Å². The van der Waals surface area contributed by atoms with Crippen molar-refractivity contribution in [3.63, 3.8) is 0 Å². The van der Waals surface area contributed by atoms with Gasteiger partial charge in [-0.2, -0.15) is 0 Å². The lowest BCUT2D eigenvalue weighted by Gasteiger charge is -2.21. The first kappa shape index (κ1) is 96.1. The second kappa shape index (κ2) is 68.2. The number of rotatable bonds is 76. The highest BCUT2D eigenvalue weighted by molar-refractivity contribution is 7.47. The van der Waals surface area contributed by atoms with Crippen molar-refractivity contribution >= 4 is 39.5 Å². The molecule has 0 rings (SSSR count). The Kier molecular flexibility index (Phi) is 66.8. The number of carbonyl (C=O) groups is 4. The summed E-state index contributed by atoms with van der Waals surface area (Å²) in [5.41, 5.74) is 0. The van der Waals surface area contributed by atoms with Gasteiger partial charge in [0, 0.05) is 25.7 Å². The third-order valence-corrected chi connectivity index (χ3v) is 20.9. The summed E-state index contributed by atoms with van der Waals surface area (Å²) in [5, 5.41) is 10.6. The van der Waals surface area contributed by atoms with Crippen LogP contribution in [-0.2, 0) is 65.4 Å². The average Bonchev–Trinajstić information content (AvgIpc) is 0.988. The lowest BCUT2D eigenvalue weighted by atomic mass is 9.99. The van der Waals surface area contributed by atoms with Crippen LogP contribution in [0, 0.1) is 23.7 Å². The maximum absolute atomic E-state index is 13.1. The quantitative estimate of drug-likeness (QED) is 0.0222. The van der Waals surface area contributed by atoms with Crippen LogP contribution in [0.5, 0.6) is 0 Å². The van der Waals surface area contributed by atoms with Crippen molar-refractivity contribution in [2.45, 2.75) is 420 Å². The largest absolute Gasteiger partial charge is 0.472 e. The highest BCUT2D eigenvalue weighted by Gasteiger charge is 2.30. The Balaban J connectivity index is 5.18. The number of phosphoric acid groups is 2. The third kappa shape index (κ3) is 69.8. The number of aliphatic hydroxyl groups excluding tert-OH is 1. The molecule has 0 bridgehead atoms. The average molecular weight is 1440 g/mol. The fourth-order valence-electron chi connectivity index (χ4n) is 12.0. The summed E-state index contributed by atoms with van der Waals surface area (Å²) in [6, 6.07) is 0. The van der Waals surface area contributed by atoms with E-state index in [9.17, 15) is 43.2 Å². The summed E-state index contributed by atoms with van der Waals surface area (Å²) in [5.74, 6) is 1.00. The maximum Gasteiger partial charge on any atom is 0.472 e. The van der Waals surface area contributed by atoms with Gasteiger partial charge < -0.3 is 33.8 Å². The van der Waals surface area contributed by atoms with Crippen molar-refractivity contribution in [2.24, 2.45) is 23.7 Å². The molecule has 3 N–H and O–H groups in total.